The lowest BCUT2D eigenvalue weighted by Crippen LogP contribution is -2.07. The summed E-state index contributed by atoms with van der Waals surface area (Å²) < 4.78 is 3.25. The molecular formula is C16H15BrClN3. The highest BCUT2D eigenvalue weighted by molar-refractivity contribution is 9.10. The molecule has 3 aromatic rings. The third kappa shape index (κ3) is 2.97. The number of hydrogen-bond donors (Lipinski definition) is 0. The highest BCUT2D eigenvalue weighted by Crippen LogP contribution is 2.22. The molecular weight excluding hydrogens is 350 g/mol. The fraction of sp³-hybridized carbons (Fsp3) is 0.250. The minimum absolute atomic E-state index is 0.554. The molecule has 108 valence electrons. The number of nitrogens with zero attached hydrogens (tertiary/aromatic N) is 3. The molecule has 21 heavy (non-hydrogen) atoms. The van der Waals surface area contributed by atoms with Crippen LogP contribution < -0.4 is 0 Å². The SMILES string of the molecule is Cc1ccc2nc(CCCl)n(Cc3ccccc3Br)c2n1. The number of pyridine rings is 1. The normalized spacial score (nSPS) is 11.2. The van der Waals surface area contributed by atoms with Crippen LogP contribution >= 0.6 is 27.5 Å². The van der Waals surface area contributed by atoms with Crippen molar-refractivity contribution in [2.24, 2.45) is 0 Å². The zero-order valence-corrected chi connectivity index (χ0v) is 14.0. The zero-order valence-electron chi connectivity index (χ0n) is 11.7. The molecule has 1 aromatic carbocycles. The van der Waals surface area contributed by atoms with Crippen molar-refractivity contribution in [2.75, 3.05) is 5.88 Å². The Bertz CT molecular complexity index is 782. The van der Waals surface area contributed by atoms with E-state index in [1.165, 1.54) is 5.56 Å². The molecule has 0 saturated heterocycles. The fourth-order valence-electron chi connectivity index (χ4n) is 2.38. The van der Waals surface area contributed by atoms with Crippen molar-refractivity contribution in [3.05, 3.63) is 58.0 Å². The summed E-state index contributed by atoms with van der Waals surface area (Å²) in [5.41, 5.74) is 4.04. The van der Waals surface area contributed by atoms with Gasteiger partial charge in [0.05, 0.1) is 6.54 Å². The summed E-state index contributed by atoms with van der Waals surface area (Å²) in [5, 5.41) is 0. The van der Waals surface area contributed by atoms with Crippen molar-refractivity contribution in [2.45, 2.75) is 19.9 Å². The molecule has 0 fully saturated rings. The van der Waals surface area contributed by atoms with Crippen molar-refractivity contribution < 1.29 is 0 Å². The second-order valence-electron chi connectivity index (χ2n) is 4.94. The van der Waals surface area contributed by atoms with Crippen LogP contribution in [0.4, 0.5) is 0 Å². The Morgan fingerprint density at radius 3 is 2.71 bits per heavy atom. The number of fused-ring (bicyclic) bond motifs is 1. The van der Waals surface area contributed by atoms with Crippen molar-refractivity contribution in [3.8, 4) is 0 Å². The Morgan fingerprint density at radius 1 is 1.14 bits per heavy atom. The molecule has 2 aromatic heterocycles. The highest BCUT2D eigenvalue weighted by atomic mass is 79.9. The van der Waals surface area contributed by atoms with Gasteiger partial charge < -0.3 is 4.57 Å². The lowest BCUT2D eigenvalue weighted by molar-refractivity contribution is 0.744. The van der Waals surface area contributed by atoms with E-state index in [0.717, 1.165) is 40.1 Å². The van der Waals surface area contributed by atoms with E-state index >= 15 is 0 Å². The summed E-state index contributed by atoms with van der Waals surface area (Å²) in [7, 11) is 0. The average Bonchev–Trinajstić information content (AvgIpc) is 2.79. The number of alkyl halides is 1. The lowest BCUT2D eigenvalue weighted by atomic mass is 10.2. The van der Waals surface area contributed by atoms with E-state index < -0.39 is 0 Å². The van der Waals surface area contributed by atoms with Gasteiger partial charge in [0.1, 0.15) is 11.3 Å². The number of hydrogen-bond acceptors (Lipinski definition) is 2. The van der Waals surface area contributed by atoms with Gasteiger partial charge in [-0.3, -0.25) is 0 Å². The molecule has 0 bridgehead atoms. The molecule has 5 heteroatoms. The monoisotopic (exact) mass is 363 g/mol. The maximum absolute atomic E-state index is 5.92. The van der Waals surface area contributed by atoms with Gasteiger partial charge in [0.2, 0.25) is 0 Å². The van der Waals surface area contributed by atoms with Gasteiger partial charge in [-0.2, -0.15) is 0 Å². The maximum atomic E-state index is 5.92. The summed E-state index contributed by atoms with van der Waals surface area (Å²) in [6, 6.07) is 12.2. The first-order valence-electron chi connectivity index (χ1n) is 6.81. The number of imidazole rings is 1. The molecule has 0 N–H and O–H groups in total. The van der Waals surface area contributed by atoms with Gasteiger partial charge in [-0.05, 0) is 30.7 Å². The Kier molecular flexibility index (Phi) is 4.27. The van der Waals surface area contributed by atoms with E-state index in [1.54, 1.807) is 0 Å². The summed E-state index contributed by atoms with van der Waals surface area (Å²) in [4.78, 5) is 9.32. The van der Waals surface area contributed by atoms with Crippen LogP contribution in [-0.2, 0) is 13.0 Å². The first-order chi connectivity index (χ1) is 10.2. The van der Waals surface area contributed by atoms with Crippen LogP contribution in [0.15, 0.2) is 40.9 Å². The number of aromatic nitrogens is 3. The number of benzene rings is 1. The van der Waals surface area contributed by atoms with E-state index in [2.05, 4.69) is 36.5 Å². The molecule has 3 nitrogen and oxygen atoms in total. The van der Waals surface area contributed by atoms with Crippen LogP contribution in [0.5, 0.6) is 0 Å². The van der Waals surface area contributed by atoms with Gasteiger partial charge in [0, 0.05) is 22.5 Å². The van der Waals surface area contributed by atoms with Gasteiger partial charge in [-0.15, -0.1) is 11.6 Å². The number of halogens is 2. The van der Waals surface area contributed by atoms with E-state index in [1.807, 2.05) is 37.3 Å². The second kappa shape index (κ2) is 6.16. The number of rotatable bonds is 4. The summed E-state index contributed by atoms with van der Waals surface area (Å²) >= 11 is 9.52. The molecule has 0 atom stereocenters. The van der Waals surface area contributed by atoms with Gasteiger partial charge in [-0.25, -0.2) is 9.97 Å². The van der Waals surface area contributed by atoms with Crippen LogP contribution in [0.2, 0.25) is 0 Å². The molecule has 0 amide bonds. The standard InChI is InChI=1S/C16H15BrClN3/c1-11-6-7-14-16(19-11)21(15(20-14)8-9-18)10-12-4-2-3-5-13(12)17/h2-7H,8-10H2,1H3. The minimum atomic E-state index is 0.554. The van der Waals surface area contributed by atoms with Crippen LogP contribution in [-0.4, -0.2) is 20.4 Å². The van der Waals surface area contributed by atoms with Crippen LogP contribution in [0.1, 0.15) is 17.1 Å². The van der Waals surface area contributed by atoms with Gasteiger partial charge in [0.15, 0.2) is 5.65 Å². The van der Waals surface area contributed by atoms with Crippen molar-refractivity contribution in [1.82, 2.24) is 14.5 Å². The molecule has 0 saturated carbocycles. The molecule has 0 spiro atoms. The quantitative estimate of drug-likeness (QED) is 0.645. The molecule has 0 aliphatic heterocycles. The Hall–Kier alpha value is -1.39. The molecule has 2 heterocycles. The van der Waals surface area contributed by atoms with E-state index in [9.17, 15) is 0 Å². The Morgan fingerprint density at radius 2 is 1.95 bits per heavy atom. The lowest BCUT2D eigenvalue weighted by Gasteiger charge is -2.10. The molecule has 0 unspecified atom stereocenters. The molecule has 0 aliphatic rings. The third-order valence-corrected chi connectivity index (χ3v) is 4.38. The smallest absolute Gasteiger partial charge is 0.160 e. The first-order valence-corrected chi connectivity index (χ1v) is 8.14. The summed E-state index contributed by atoms with van der Waals surface area (Å²) in [6.07, 6.45) is 0.738. The van der Waals surface area contributed by atoms with Gasteiger partial charge >= 0.3 is 0 Å². The second-order valence-corrected chi connectivity index (χ2v) is 6.17. The van der Waals surface area contributed by atoms with E-state index in [-0.39, 0.29) is 0 Å². The van der Waals surface area contributed by atoms with Gasteiger partial charge in [-0.1, -0.05) is 34.1 Å². The van der Waals surface area contributed by atoms with E-state index in [4.69, 9.17) is 11.6 Å². The topological polar surface area (TPSA) is 30.7 Å². The first kappa shape index (κ1) is 14.5. The van der Waals surface area contributed by atoms with E-state index in [0.29, 0.717) is 5.88 Å². The maximum Gasteiger partial charge on any atom is 0.160 e. The summed E-state index contributed by atoms with van der Waals surface area (Å²) in [6.45, 7) is 2.73. The molecule has 0 aliphatic carbocycles. The number of aryl methyl sites for hydroxylation is 2. The zero-order chi connectivity index (χ0) is 14.8. The van der Waals surface area contributed by atoms with Gasteiger partial charge in [0.25, 0.3) is 0 Å². The predicted octanol–water partition coefficient (Wildman–Crippen LogP) is 4.33. The molecule has 0 radical (unpaired) electrons. The van der Waals surface area contributed by atoms with Crippen LogP contribution in [0, 0.1) is 6.92 Å². The van der Waals surface area contributed by atoms with Crippen molar-refractivity contribution in [1.29, 1.82) is 0 Å². The van der Waals surface area contributed by atoms with Crippen LogP contribution in [0.3, 0.4) is 0 Å². The Balaban J connectivity index is 2.12. The fourth-order valence-corrected chi connectivity index (χ4v) is 2.96. The third-order valence-electron chi connectivity index (χ3n) is 3.41. The average molecular weight is 365 g/mol. The van der Waals surface area contributed by atoms with Crippen molar-refractivity contribution >= 4 is 38.7 Å². The largest absolute Gasteiger partial charge is 0.308 e. The summed E-state index contributed by atoms with van der Waals surface area (Å²) in [5.74, 6) is 1.53. The highest BCUT2D eigenvalue weighted by Gasteiger charge is 2.13. The van der Waals surface area contributed by atoms with Crippen LogP contribution in [0.25, 0.3) is 11.2 Å². The molecule has 3 rings (SSSR count). The van der Waals surface area contributed by atoms with Crippen molar-refractivity contribution in [3.63, 3.8) is 0 Å². The predicted molar refractivity (Wildman–Crippen MR) is 89.9 cm³/mol. The minimum Gasteiger partial charge on any atom is -0.308 e. The Labute approximate surface area is 137 Å².